The Kier molecular flexibility index (Phi) is 6.18. The van der Waals surface area contributed by atoms with Crippen molar-refractivity contribution in [2.75, 3.05) is 19.6 Å². The van der Waals surface area contributed by atoms with Crippen molar-refractivity contribution < 1.29 is 9.18 Å². The molecule has 1 aromatic rings. The SMILES string of the molecule is CCN(Cc1cccc(F)c1)C(=O)CCC1CCCNC1. The molecule has 0 bridgehead atoms. The third kappa shape index (κ3) is 5.12. The van der Waals surface area contributed by atoms with Crippen LogP contribution in [-0.2, 0) is 11.3 Å². The minimum Gasteiger partial charge on any atom is -0.339 e. The molecule has 1 heterocycles. The van der Waals surface area contributed by atoms with Crippen LogP contribution < -0.4 is 5.32 Å². The third-order valence-corrected chi connectivity index (χ3v) is 4.16. The Labute approximate surface area is 126 Å². The lowest BCUT2D eigenvalue weighted by Crippen LogP contribution is -2.33. The van der Waals surface area contributed by atoms with Crippen molar-refractivity contribution in [1.29, 1.82) is 0 Å². The maximum Gasteiger partial charge on any atom is 0.222 e. The molecule has 1 aromatic carbocycles. The van der Waals surface area contributed by atoms with Crippen LogP contribution in [0, 0.1) is 11.7 Å². The van der Waals surface area contributed by atoms with Crippen LogP contribution in [0.4, 0.5) is 4.39 Å². The van der Waals surface area contributed by atoms with Gasteiger partial charge in [-0.3, -0.25) is 4.79 Å². The van der Waals surface area contributed by atoms with Crippen LogP contribution in [0.1, 0.15) is 38.2 Å². The lowest BCUT2D eigenvalue weighted by molar-refractivity contribution is -0.132. The summed E-state index contributed by atoms with van der Waals surface area (Å²) < 4.78 is 13.2. The van der Waals surface area contributed by atoms with Gasteiger partial charge in [0, 0.05) is 19.5 Å². The number of benzene rings is 1. The van der Waals surface area contributed by atoms with Crippen LogP contribution in [0.2, 0.25) is 0 Å². The summed E-state index contributed by atoms with van der Waals surface area (Å²) in [6, 6.07) is 6.49. The fourth-order valence-electron chi connectivity index (χ4n) is 2.89. The number of halogens is 1. The molecule has 1 N–H and O–H groups in total. The molecule has 1 unspecified atom stereocenters. The Morgan fingerprint density at radius 3 is 3.00 bits per heavy atom. The van der Waals surface area contributed by atoms with E-state index in [-0.39, 0.29) is 11.7 Å². The Morgan fingerprint density at radius 2 is 2.33 bits per heavy atom. The van der Waals surface area contributed by atoms with E-state index in [4.69, 9.17) is 0 Å². The normalized spacial score (nSPS) is 18.5. The van der Waals surface area contributed by atoms with E-state index < -0.39 is 0 Å². The Bertz CT molecular complexity index is 458. The Morgan fingerprint density at radius 1 is 1.48 bits per heavy atom. The van der Waals surface area contributed by atoms with E-state index in [0.717, 1.165) is 25.1 Å². The average molecular weight is 292 g/mol. The van der Waals surface area contributed by atoms with Gasteiger partial charge in [0.15, 0.2) is 0 Å². The number of nitrogens with one attached hydrogen (secondary N) is 1. The Balaban J connectivity index is 1.83. The second kappa shape index (κ2) is 8.13. The lowest BCUT2D eigenvalue weighted by atomic mass is 9.94. The molecule has 0 radical (unpaired) electrons. The van der Waals surface area contributed by atoms with Gasteiger partial charge in [0.2, 0.25) is 5.91 Å². The van der Waals surface area contributed by atoms with Crippen LogP contribution in [-0.4, -0.2) is 30.4 Å². The number of carbonyl (C=O) groups is 1. The molecular formula is C17H25FN2O. The number of piperidine rings is 1. The maximum absolute atomic E-state index is 13.2. The van der Waals surface area contributed by atoms with Gasteiger partial charge in [-0.15, -0.1) is 0 Å². The van der Waals surface area contributed by atoms with E-state index >= 15 is 0 Å². The van der Waals surface area contributed by atoms with Gasteiger partial charge in [0.05, 0.1) is 0 Å². The third-order valence-electron chi connectivity index (χ3n) is 4.16. The molecule has 0 saturated carbocycles. The molecule has 0 spiro atoms. The average Bonchev–Trinajstić information content (AvgIpc) is 2.51. The molecule has 1 amide bonds. The summed E-state index contributed by atoms with van der Waals surface area (Å²) in [7, 11) is 0. The predicted molar refractivity (Wildman–Crippen MR) is 82.3 cm³/mol. The van der Waals surface area contributed by atoms with Crippen LogP contribution in [0.5, 0.6) is 0 Å². The zero-order valence-corrected chi connectivity index (χ0v) is 12.8. The second-order valence-electron chi connectivity index (χ2n) is 5.79. The van der Waals surface area contributed by atoms with Crippen molar-refractivity contribution in [2.45, 2.75) is 39.2 Å². The highest BCUT2D eigenvalue weighted by Gasteiger charge is 2.17. The summed E-state index contributed by atoms with van der Waals surface area (Å²) in [6.45, 7) is 5.27. The van der Waals surface area contributed by atoms with E-state index in [0.29, 0.717) is 25.4 Å². The fraction of sp³-hybridized carbons (Fsp3) is 0.588. The fourth-order valence-corrected chi connectivity index (χ4v) is 2.89. The summed E-state index contributed by atoms with van der Waals surface area (Å²) in [5.41, 5.74) is 0.851. The molecule has 2 rings (SSSR count). The number of hydrogen-bond acceptors (Lipinski definition) is 2. The molecule has 4 heteroatoms. The zero-order valence-electron chi connectivity index (χ0n) is 12.8. The molecule has 0 aliphatic carbocycles. The monoisotopic (exact) mass is 292 g/mol. The first-order valence-electron chi connectivity index (χ1n) is 7.92. The van der Waals surface area contributed by atoms with Gasteiger partial charge in [-0.05, 0) is 62.9 Å². The van der Waals surface area contributed by atoms with E-state index in [9.17, 15) is 9.18 Å². The van der Waals surface area contributed by atoms with Gasteiger partial charge in [-0.1, -0.05) is 12.1 Å². The number of nitrogens with zero attached hydrogens (tertiary/aromatic N) is 1. The number of carbonyl (C=O) groups excluding carboxylic acids is 1. The molecule has 0 aromatic heterocycles. The quantitative estimate of drug-likeness (QED) is 0.874. The van der Waals surface area contributed by atoms with Crippen molar-refractivity contribution in [3.05, 3.63) is 35.6 Å². The van der Waals surface area contributed by atoms with E-state index in [1.54, 1.807) is 6.07 Å². The molecule has 1 saturated heterocycles. The first kappa shape index (κ1) is 16.0. The van der Waals surface area contributed by atoms with Crippen LogP contribution in [0.25, 0.3) is 0 Å². The summed E-state index contributed by atoms with van der Waals surface area (Å²) in [5, 5.41) is 3.38. The number of rotatable bonds is 6. The maximum atomic E-state index is 13.2. The largest absolute Gasteiger partial charge is 0.339 e. The van der Waals surface area contributed by atoms with Crippen molar-refractivity contribution in [1.82, 2.24) is 10.2 Å². The summed E-state index contributed by atoms with van der Waals surface area (Å²) in [4.78, 5) is 14.1. The highest BCUT2D eigenvalue weighted by molar-refractivity contribution is 5.76. The summed E-state index contributed by atoms with van der Waals surface area (Å²) >= 11 is 0. The topological polar surface area (TPSA) is 32.3 Å². The van der Waals surface area contributed by atoms with Gasteiger partial charge in [-0.25, -0.2) is 4.39 Å². The molecule has 1 atom stereocenters. The lowest BCUT2D eigenvalue weighted by Gasteiger charge is -2.25. The standard InChI is InChI=1S/C17H25FN2O/c1-2-20(13-15-5-3-7-16(18)11-15)17(21)9-8-14-6-4-10-19-12-14/h3,5,7,11,14,19H,2,4,6,8-10,12-13H2,1H3. The smallest absolute Gasteiger partial charge is 0.222 e. The highest BCUT2D eigenvalue weighted by Crippen LogP contribution is 2.17. The minimum absolute atomic E-state index is 0.173. The van der Waals surface area contributed by atoms with E-state index in [2.05, 4.69) is 5.32 Å². The van der Waals surface area contributed by atoms with Crippen molar-refractivity contribution in [3.8, 4) is 0 Å². The first-order chi connectivity index (χ1) is 10.2. The van der Waals surface area contributed by atoms with Gasteiger partial charge in [0.1, 0.15) is 5.82 Å². The predicted octanol–water partition coefficient (Wildman–Crippen LogP) is 2.95. The highest BCUT2D eigenvalue weighted by atomic mass is 19.1. The van der Waals surface area contributed by atoms with Crippen LogP contribution >= 0.6 is 0 Å². The zero-order chi connectivity index (χ0) is 15.1. The molecule has 1 fully saturated rings. The number of hydrogen-bond donors (Lipinski definition) is 1. The molecule has 1 aliphatic rings. The van der Waals surface area contributed by atoms with Gasteiger partial charge < -0.3 is 10.2 Å². The van der Waals surface area contributed by atoms with Gasteiger partial charge in [-0.2, -0.15) is 0 Å². The van der Waals surface area contributed by atoms with Crippen molar-refractivity contribution >= 4 is 5.91 Å². The van der Waals surface area contributed by atoms with Crippen molar-refractivity contribution in [2.24, 2.45) is 5.92 Å². The second-order valence-corrected chi connectivity index (χ2v) is 5.79. The minimum atomic E-state index is -0.246. The number of amides is 1. The summed E-state index contributed by atoms with van der Waals surface area (Å²) in [5.74, 6) is 0.548. The molecule has 3 nitrogen and oxygen atoms in total. The van der Waals surface area contributed by atoms with Gasteiger partial charge in [0.25, 0.3) is 0 Å². The summed E-state index contributed by atoms with van der Waals surface area (Å²) in [6.07, 6.45) is 3.97. The first-order valence-corrected chi connectivity index (χ1v) is 7.92. The van der Waals surface area contributed by atoms with E-state index in [1.165, 1.54) is 25.0 Å². The molecule has 21 heavy (non-hydrogen) atoms. The molecule has 1 aliphatic heterocycles. The van der Waals surface area contributed by atoms with Crippen molar-refractivity contribution in [3.63, 3.8) is 0 Å². The van der Waals surface area contributed by atoms with Gasteiger partial charge >= 0.3 is 0 Å². The van der Waals surface area contributed by atoms with E-state index in [1.807, 2.05) is 17.9 Å². The Hall–Kier alpha value is -1.42. The molecular weight excluding hydrogens is 267 g/mol. The molecule has 116 valence electrons. The van der Waals surface area contributed by atoms with Crippen LogP contribution in [0.3, 0.4) is 0 Å². The van der Waals surface area contributed by atoms with Crippen LogP contribution in [0.15, 0.2) is 24.3 Å².